The van der Waals surface area contributed by atoms with Crippen LogP contribution in [0.2, 0.25) is 0 Å². The van der Waals surface area contributed by atoms with Crippen LogP contribution in [0.5, 0.6) is 0 Å². The number of anilines is 1. The van der Waals surface area contributed by atoms with Gasteiger partial charge in [-0.15, -0.1) is 11.3 Å². The van der Waals surface area contributed by atoms with Gasteiger partial charge in [-0.3, -0.25) is 14.4 Å². The zero-order chi connectivity index (χ0) is 23.2. The van der Waals surface area contributed by atoms with E-state index in [2.05, 4.69) is 16.0 Å². The summed E-state index contributed by atoms with van der Waals surface area (Å²) >= 11 is 1.51. The lowest BCUT2D eigenvalue weighted by Crippen LogP contribution is -2.25. The van der Waals surface area contributed by atoms with Crippen LogP contribution in [-0.2, 0) is 30.7 Å². The van der Waals surface area contributed by atoms with E-state index in [-0.39, 0.29) is 17.7 Å². The number of aryl methyl sites for hydroxylation is 1. The number of rotatable bonds is 7. The predicted octanol–water partition coefficient (Wildman–Crippen LogP) is 4.45. The van der Waals surface area contributed by atoms with E-state index < -0.39 is 0 Å². The van der Waals surface area contributed by atoms with Crippen LogP contribution in [0.3, 0.4) is 0 Å². The van der Waals surface area contributed by atoms with Gasteiger partial charge >= 0.3 is 0 Å². The van der Waals surface area contributed by atoms with Gasteiger partial charge in [-0.2, -0.15) is 0 Å². The van der Waals surface area contributed by atoms with Gasteiger partial charge in [0.25, 0.3) is 11.8 Å². The Balaban J connectivity index is 1.51. The van der Waals surface area contributed by atoms with Crippen molar-refractivity contribution in [2.75, 3.05) is 5.32 Å². The van der Waals surface area contributed by atoms with Crippen molar-refractivity contribution in [2.45, 2.75) is 45.7 Å². The molecule has 0 atom stereocenters. The minimum absolute atomic E-state index is 0.100. The Morgan fingerprint density at radius 1 is 0.818 bits per heavy atom. The van der Waals surface area contributed by atoms with E-state index in [9.17, 15) is 14.4 Å². The first kappa shape index (κ1) is 22.7. The van der Waals surface area contributed by atoms with Crippen molar-refractivity contribution >= 4 is 34.1 Å². The summed E-state index contributed by atoms with van der Waals surface area (Å²) in [6.07, 6.45) is 3.94. The van der Waals surface area contributed by atoms with Crippen molar-refractivity contribution in [3.8, 4) is 0 Å². The zero-order valence-electron chi connectivity index (χ0n) is 18.6. The molecular formula is C26H27N3O3S. The van der Waals surface area contributed by atoms with Crippen LogP contribution in [0.25, 0.3) is 0 Å². The Bertz CT molecular complexity index is 1150. The summed E-state index contributed by atoms with van der Waals surface area (Å²) in [5.41, 5.74) is 4.11. The van der Waals surface area contributed by atoms with Gasteiger partial charge in [0, 0.05) is 30.5 Å². The number of thiophene rings is 1. The van der Waals surface area contributed by atoms with Crippen LogP contribution >= 0.6 is 11.3 Å². The molecule has 0 fully saturated rings. The zero-order valence-corrected chi connectivity index (χ0v) is 19.4. The molecule has 0 spiro atoms. The third-order valence-corrected chi connectivity index (χ3v) is 6.89. The van der Waals surface area contributed by atoms with Crippen LogP contribution in [0.15, 0.2) is 54.6 Å². The third kappa shape index (κ3) is 5.68. The van der Waals surface area contributed by atoms with Crippen molar-refractivity contribution in [1.82, 2.24) is 10.6 Å². The molecule has 0 radical (unpaired) electrons. The monoisotopic (exact) mass is 461 g/mol. The average molecular weight is 462 g/mol. The highest BCUT2D eigenvalue weighted by molar-refractivity contribution is 7.17. The number of nitrogens with one attached hydrogen (secondary N) is 3. The lowest BCUT2D eigenvalue weighted by Gasteiger charge is -2.13. The van der Waals surface area contributed by atoms with Crippen LogP contribution in [0, 0.1) is 0 Å². The number of hydrogen-bond donors (Lipinski definition) is 3. The summed E-state index contributed by atoms with van der Waals surface area (Å²) in [5, 5.41) is 9.35. The quantitative estimate of drug-likeness (QED) is 0.486. The van der Waals surface area contributed by atoms with Crippen LogP contribution in [0.4, 0.5) is 5.00 Å². The number of carbonyl (C=O) groups excluding carboxylic acids is 3. The topological polar surface area (TPSA) is 87.3 Å². The van der Waals surface area contributed by atoms with Gasteiger partial charge in [0.2, 0.25) is 5.91 Å². The van der Waals surface area contributed by atoms with Gasteiger partial charge in [0.15, 0.2) is 0 Å². The molecule has 0 aliphatic heterocycles. The third-order valence-electron chi connectivity index (χ3n) is 5.68. The Morgan fingerprint density at radius 2 is 1.48 bits per heavy atom. The predicted molar refractivity (Wildman–Crippen MR) is 130 cm³/mol. The van der Waals surface area contributed by atoms with Crippen LogP contribution in [-0.4, -0.2) is 17.7 Å². The van der Waals surface area contributed by atoms with Gasteiger partial charge in [-0.05, 0) is 54.5 Å². The van der Waals surface area contributed by atoms with Crippen molar-refractivity contribution in [1.29, 1.82) is 0 Å². The minimum Gasteiger partial charge on any atom is -0.352 e. The molecule has 2 aromatic carbocycles. The largest absolute Gasteiger partial charge is 0.352 e. The summed E-state index contributed by atoms with van der Waals surface area (Å²) in [5.74, 6) is -0.507. The molecule has 3 amide bonds. The fraction of sp³-hybridized carbons (Fsp3) is 0.269. The van der Waals surface area contributed by atoms with Gasteiger partial charge in [0.1, 0.15) is 5.00 Å². The van der Waals surface area contributed by atoms with Crippen molar-refractivity contribution in [3.63, 3.8) is 0 Å². The van der Waals surface area contributed by atoms with E-state index in [1.165, 1.54) is 23.1 Å². The molecule has 1 aliphatic rings. The highest BCUT2D eigenvalue weighted by Gasteiger charge is 2.26. The minimum atomic E-state index is -0.253. The first-order chi connectivity index (χ1) is 16.0. The first-order valence-electron chi connectivity index (χ1n) is 11.1. The van der Waals surface area contributed by atoms with E-state index in [0.29, 0.717) is 29.2 Å². The fourth-order valence-corrected chi connectivity index (χ4v) is 5.22. The standard InChI is InChI=1S/C26H27N3O3S/c1-17(30)27-15-19-11-13-20(14-12-19)24(31)29-26-23(21-9-5-6-10-22(21)33-26)25(32)28-16-18-7-3-2-4-8-18/h2-4,7-8,11-14H,5-6,9-10,15-16H2,1H3,(H,27,30)(H,28,32)(H,29,31). The smallest absolute Gasteiger partial charge is 0.256 e. The molecule has 170 valence electrons. The SMILES string of the molecule is CC(=O)NCc1ccc(C(=O)Nc2sc3c(c2C(=O)NCc2ccccc2)CCCC3)cc1. The molecule has 1 heterocycles. The maximum Gasteiger partial charge on any atom is 0.256 e. The molecule has 0 bridgehead atoms. The Kier molecular flexibility index (Phi) is 7.19. The lowest BCUT2D eigenvalue weighted by atomic mass is 9.95. The van der Waals surface area contributed by atoms with E-state index in [1.807, 2.05) is 42.5 Å². The molecule has 0 saturated carbocycles. The second-order valence-electron chi connectivity index (χ2n) is 8.14. The maximum atomic E-state index is 13.2. The number of fused-ring (bicyclic) bond motifs is 1. The summed E-state index contributed by atoms with van der Waals surface area (Å²) in [7, 11) is 0. The number of benzene rings is 2. The van der Waals surface area contributed by atoms with Crippen molar-refractivity contribution in [3.05, 3.63) is 87.3 Å². The summed E-state index contributed by atoms with van der Waals surface area (Å²) < 4.78 is 0. The van der Waals surface area contributed by atoms with Gasteiger partial charge in [-0.1, -0.05) is 42.5 Å². The van der Waals surface area contributed by atoms with Crippen molar-refractivity contribution in [2.24, 2.45) is 0 Å². The van der Waals surface area contributed by atoms with Crippen LogP contribution < -0.4 is 16.0 Å². The normalized spacial score (nSPS) is 12.5. The molecule has 33 heavy (non-hydrogen) atoms. The molecular weight excluding hydrogens is 434 g/mol. The molecule has 7 heteroatoms. The highest BCUT2D eigenvalue weighted by Crippen LogP contribution is 2.38. The molecule has 3 N–H and O–H groups in total. The summed E-state index contributed by atoms with van der Waals surface area (Å²) in [4.78, 5) is 38.4. The summed E-state index contributed by atoms with van der Waals surface area (Å²) in [6.45, 7) is 2.32. The number of hydrogen-bond acceptors (Lipinski definition) is 4. The average Bonchev–Trinajstić information content (AvgIpc) is 3.20. The molecule has 1 aromatic heterocycles. The van der Waals surface area contributed by atoms with E-state index in [0.717, 1.165) is 42.4 Å². The van der Waals surface area contributed by atoms with E-state index in [1.54, 1.807) is 12.1 Å². The van der Waals surface area contributed by atoms with Gasteiger partial charge in [0.05, 0.1) is 5.56 Å². The Hall–Kier alpha value is -3.45. The molecule has 4 rings (SSSR count). The number of amides is 3. The summed E-state index contributed by atoms with van der Waals surface area (Å²) in [6, 6.07) is 16.9. The lowest BCUT2D eigenvalue weighted by molar-refractivity contribution is -0.119. The fourth-order valence-electron chi connectivity index (χ4n) is 3.94. The second-order valence-corrected chi connectivity index (χ2v) is 9.25. The first-order valence-corrected chi connectivity index (χ1v) is 11.9. The molecule has 6 nitrogen and oxygen atoms in total. The van der Waals surface area contributed by atoms with Crippen LogP contribution in [0.1, 0.15) is 62.0 Å². The van der Waals surface area contributed by atoms with Gasteiger partial charge < -0.3 is 16.0 Å². The second kappa shape index (κ2) is 10.4. The van der Waals surface area contributed by atoms with E-state index in [4.69, 9.17) is 0 Å². The Morgan fingerprint density at radius 3 is 2.21 bits per heavy atom. The molecule has 3 aromatic rings. The molecule has 1 aliphatic carbocycles. The van der Waals surface area contributed by atoms with Gasteiger partial charge in [-0.25, -0.2) is 0 Å². The molecule has 0 unspecified atom stereocenters. The maximum absolute atomic E-state index is 13.2. The van der Waals surface area contributed by atoms with E-state index >= 15 is 0 Å². The highest BCUT2D eigenvalue weighted by atomic mass is 32.1. The molecule has 0 saturated heterocycles. The Labute approximate surface area is 197 Å². The number of carbonyl (C=O) groups is 3. The van der Waals surface area contributed by atoms with Crippen molar-refractivity contribution < 1.29 is 14.4 Å².